The number of oxime groups is 1. The lowest BCUT2D eigenvalue weighted by molar-refractivity contribution is -0.136. The average molecular weight is 371 g/mol. The van der Waals surface area contributed by atoms with Crippen LogP contribution < -0.4 is 4.90 Å². The van der Waals surface area contributed by atoms with Crippen LogP contribution in [0.1, 0.15) is 19.8 Å². The molecule has 9 heteroatoms. The average Bonchev–Trinajstić information content (AvgIpc) is 3.06. The van der Waals surface area contributed by atoms with E-state index in [2.05, 4.69) is 5.16 Å². The minimum atomic E-state index is -1.51. The summed E-state index contributed by atoms with van der Waals surface area (Å²) in [5, 5.41) is 4.15. The third-order valence-electron chi connectivity index (χ3n) is 3.74. The van der Waals surface area contributed by atoms with Crippen molar-refractivity contribution in [1.82, 2.24) is 0 Å². The standard InChI is InChI=1S/C15H12Cl2N2O5/c1-2-23-13(21)11-6-15(24-18-11)7-12(20)19(14(15)22)8-3-4-9(16)10(17)5-8/h3-5H,2,6-7H2,1H3. The lowest BCUT2D eigenvalue weighted by Gasteiger charge is -2.19. The van der Waals surface area contributed by atoms with E-state index in [4.69, 9.17) is 32.8 Å². The first-order valence-electron chi connectivity index (χ1n) is 7.12. The molecule has 1 spiro atoms. The van der Waals surface area contributed by atoms with E-state index in [9.17, 15) is 14.4 Å². The number of ether oxygens (including phenoxy) is 1. The second-order valence-corrected chi connectivity index (χ2v) is 6.14. The first kappa shape index (κ1) is 16.7. The lowest BCUT2D eigenvalue weighted by Crippen LogP contribution is -2.41. The summed E-state index contributed by atoms with van der Waals surface area (Å²) >= 11 is 11.8. The van der Waals surface area contributed by atoms with E-state index in [1.165, 1.54) is 18.2 Å². The summed E-state index contributed by atoms with van der Waals surface area (Å²) < 4.78 is 4.84. The first-order valence-corrected chi connectivity index (χ1v) is 7.88. The van der Waals surface area contributed by atoms with Gasteiger partial charge in [0.25, 0.3) is 5.91 Å². The van der Waals surface area contributed by atoms with Gasteiger partial charge in [0.05, 0.1) is 35.2 Å². The van der Waals surface area contributed by atoms with E-state index in [1.807, 2.05) is 0 Å². The number of carbonyl (C=O) groups is 3. The van der Waals surface area contributed by atoms with Gasteiger partial charge in [-0.15, -0.1) is 0 Å². The maximum atomic E-state index is 12.7. The number of nitrogens with zero attached hydrogens (tertiary/aromatic N) is 2. The summed E-state index contributed by atoms with van der Waals surface area (Å²) in [4.78, 5) is 43.0. The van der Waals surface area contributed by atoms with Crippen LogP contribution in [0.4, 0.5) is 5.69 Å². The summed E-state index contributed by atoms with van der Waals surface area (Å²) in [5.74, 6) is -1.74. The molecule has 7 nitrogen and oxygen atoms in total. The zero-order chi connectivity index (χ0) is 17.5. The Morgan fingerprint density at radius 3 is 2.75 bits per heavy atom. The Bertz CT molecular complexity index is 779. The van der Waals surface area contributed by atoms with Crippen molar-refractivity contribution in [3.8, 4) is 0 Å². The van der Waals surface area contributed by atoms with Crippen LogP contribution in [0, 0.1) is 0 Å². The van der Waals surface area contributed by atoms with Crippen molar-refractivity contribution in [2.45, 2.75) is 25.4 Å². The number of amides is 2. The predicted octanol–water partition coefficient (Wildman–Crippen LogP) is 2.33. The van der Waals surface area contributed by atoms with Gasteiger partial charge in [0.2, 0.25) is 11.5 Å². The molecule has 1 aromatic carbocycles. The van der Waals surface area contributed by atoms with Crippen molar-refractivity contribution in [2.24, 2.45) is 5.16 Å². The molecule has 1 saturated heterocycles. The summed E-state index contributed by atoms with van der Waals surface area (Å²) in [6.07, 6.45) is -0.341. The highest BCUT2D eigenvalue weighted by molar-refractivity contribution is 6.42. The van der Waals surface area contributed by atoms with Crippen molar-refractivity contribution in [2.75, 3.05) is 11.5 Å². The van der Waals surface area contributed by atoms with Gasteiger partial charge in [-0.3, -0.25) is 9.59 Å². The van der Waals surface area contributed by atoms with Crippen LogP contribution in [0.15, 0.2) is 23.4 Å². The predicted molar refractivity (Wildman–Crippen MR) is 86.1 cm³/mol. The molecule has 0 aromatic heterocycles. The molecule has 24 heavy (non-hydrogen) atoms. The van der Waals surface area contributed by atoms with E-state index in [0.717, 1.165) is 4.90 Å². The fraction of sp³-hybridized carbons (Fsp3) is 0.333. The topological polar surface area (TPSA) is 85.3 Å². The van der Waals surface area contributed by atoms with Crippen LogP contribution in [0.5, 0.6) is 0 Å². The number of carbonyl (C=O) groups excluding carboxylic acids is 3. The molecule has 0 radical (unpaired) electrons. The summed E-state index contributed by atoms with van der Waals surface area (Å²) in [7, 11) is 0. The lowest BCUT2D eigenvalue weighted by atomic mass is 9.95. The van der Waals surface area contributed by atoms with Gasteiger partial charge >= 0.3 is 5.97 Å². The van der Waals surface area contributed by atoms with Crippen LogP contribution in [-0.2, 0) is 24.0 Å². The SMILES string of the molecule is CCOC(=O)C1=NOC2(CC(=O)N(c3ccc(Cl)c(Cl)c3)C2=O)C1. The van der Waals surface area contributed by atoms with Crippen molar-refractivity contribution < 1.29 is 24.0 Å². The van der Waals surface area contributed by atoms with Gasteiger partial charge in [-0.25, -0.2) is 9.69 Å². The van der Waals surface area contributed by atoms with Crippen LogP contribution in [0.25, 0.3) is 0 Å². The Kier molecular flexibility index (Phi) is 4.23. The van der Waals surface area contributed by atoms with Crippen LogP contribution in [-0.4, -0.2) is 35.7 Å². The van der Waals surface area contributed by atoms with Crippen LogP contribution in [0.2, 0.25) is 10.0 Å². The van der Waals surface area contributed by atoms with E-state index in [1.54, 1.807) is 6.92 Å². The molecular formula is C15H12Cl2N2O5. The zero-order valence-electron chi connectivity index (χ0n) is 12.5. The number of benzene rings is 1. The number of hydrogen-bond acceptors (Lipinski definition) is 6. The number of anilines is 1. The minimum Gasteiger partial charge on any atom is -0.461 e. The smallest absolute Gasteiger partial charge is 0.356 e. The third kappa shape index (κ3) is 2.63. The van der Waals surface area contributed by atoms with Crippen molar-refractivity contribution >= 4 is 52.4 Å². The Balaban J connectivity index is 1.85. The highest BCUT2D eigenvalue weighted by atomic mass is 35.5. The molecule has 0 aliphatic carbocycles. The molecule has 1 aromatic rings. The maximum absolute atomic E-state index is 12.7. The fourth-order valence-corrected chi connectivity index (χ4v) is 2.90. The molecular weight excluding hydrogens is 359 g/mol. The van der Waals surface area contributed by atoms with Gasteiger partial charge in [0, 0.05) is 0 Å². The van der Waals surface area contributed by atoms with Crippen molar-refractivity contribution in [3.05, 3.63) is 28.2 Å². The van der Waals surface area contributed by atoms with Gasteiger partial charge in [-0.05, 0) is 25.1 Å². The Labute approximate surface area is 147 Å². The molecule has 1 fully saturated rings. The quantitative estimate of drug-likeness (QED) is 0.602. The van der Waals surface area contributed by atoms with Crippen LogP contribution >= 0.6 is 23.2 Å². The summed E-state index contributed by atoms with van der Waals surface area (Å²) in [6.45, 7) is 1.83. The highest BCUT2D eigenvalue weighted by Gasteiger charge is 2.58. The van der Waals surface area contributed by atoms with Gasteiger partial charge in [-0.2, -0.15) is 0 Å². The number of rotatable bonds is 3. The third-order valence-corrected chi connectivity index (χ3v) is 4.47. The second kappa shape index (κ2) is 6.07. The molecule has 1 atom stereocenters. The monoisotopic (exact) mass is 370 g/mol. The molecule has 2 aliphatic heterocycles. The number of esters is 1. The minimum absolute atomic E-state index is 0.0195. The largest absolute Gasteiger partial charge is 0.461 e. The van der Waals surface area contributed by atoms with Gasteiger partial charge in [0.15, 0.2) is 5.71 Å². The molecule has 2 amide bonds. The van der Waals surface area contributed by atoms with E-state index < -0.39 is 23.4 Å². The Hall–Kier alpha value is -2.12. The summed E-state index contributed by atoms with van der Waals surface area (Å²) in [5.41, 5.74) is -1.25. The van der Waals surface area contributed by atoms with Crippen LogP contribution in [0.3, 0.4) is 0 Å². The fourth-order valence-electron chi connectivity index (χ4n) is 2.61. The molecule has 0 N–H and O–H groups in total. The van der Waals surface area contributed by atoms with Crippen molar-refractivity contribution in [1.29, 1.82) is 0 Å². The van der Waals surface area contributed by atoms with Gasteiger partial charge in [-0.1, -0.05) is 28.4 Å². The van der Waals surface area contributed by atoms with E-state index in [0.29, 0.717) is 5.02 Å². The van der Waals surface area contributed by atoms with Gasteiger partial charge in [0.1, 0.15) is 0 Å². The van der Waals surface area contributed by atoms with Gasteiger partial charge < -0.3 is 9.57 Å². The Morgan fingerprint density at radius 2 is 2.08 bits per heavy atom. The maximum Gasteiger partial charge on any atom is 0.356 e. The zero-order valence-corrected chi connectivity index (χ0v) is 14.1. The van der Waals surface area contributed by atoms with E-state index >= 15 is 0 Å². The molecule has 2 aliphatic rings. The highest BCUT2D eigenvalue weighted by Crippen LogP contribution is 2.39. The number of halogens is 2. The normalized spacial score (nSPS) is 22.8. The molecule has 1 unspecified atom stereocenters. The summed E-state index contributed by atoms with van der Waals surface area (Å²) in [6, 6.07) is 4.41. The van der Waals surface area contributed by atoms with Crippen molar-refractivity contribution in [3.63, 3.8) is 0 Å². The molecule has 3 rings (SSSR count). The number of hydrogen-bond donors (Lipinski definition) is 0. The number of imide groups is 1. The molecule has 2 heterocycles. The Morgan fingerprint density at radius 1 is 1.33 bits per heavy atom. The van der Waals surface area contributed by atoms with E-state index in [-0.39, 0.29) is 35.9 Å². The second-order valence-electron chi connectivity index (χ2n) is 5.33. The first-order chi connectivity index (χ1) is 11.4. The molecule has 0 bridgehead atoms. The molecule has 126 valence electrons. The molecule has 0 saturated carbocycles.